The van der Waals surface area contributed by atoms with Crippen LogP contribution in [0.4, 0.5) is 0 Å². The van der Waals surface area contributed by atoms with Crippen LogP contribution in [0.5, 0.6) is 0 Å². The predicted molar refractivity (Wildman–Crippen MR) is 70.1 cm³/mol. The van der Waals surface area contributed by atoms with Gasteiger partial charge in [-0.1, -0.05) is 0 Å². The molecule has 0 radical (unpaired) electrons. The van der Waals surface area contributed by atoms with Gasteiger partial charge in [-0.25, -0.2) is 0 Å². The van der Waals surface area contributed by atoms with Gasteiger partial charge in [-0.3, -0.25) is 0 Å². The van der Waals surface area contributed by atoms with Crippen molar-refractivity contribution in [3.8, 4) is 0 Å². The summed E-state index contributed by atoms with van der Waals surface area (Å²) in [5.74, 6) is 0.833. The van der Waals surface area contributed by atoms with Gasteiger partial charge in [0.15, 0.2) is 0 Å². The van der Waals surface area contributed by atoms with E-state index < -0.39 is 0 Å². The first-order valence-corrected chi connectivity index (χ1v) is 5.42. The average molecular weight is 275 g/mol. The molecular formula is C10H24Cl2N2O2. The summed E-state index contributed by atoms with van der Waals surface area (Å²) in [4.78, 5) is 0. The van der Waals surface area contributed by atoms with Gasteiger partial charge in [-0.15, -0.1) is 24.8 Å². The minimum absolute atomic E-state index is 0. The van der Waals surface area contributed by atoms with E-state index in [9.17, 15) is 0 Å². The highest BCUT2D eigenvalue weighted by Gasteiger charge is 2.26. The van der Waals surface area contributed by atoms with Crippen LogP contribution in [0, 0.1) is 11.8 Å². The van der Waals surface area contributed by atoms with Gasteiger partial charge in [-0.2, -0.15) is 0 Å². The maximum atomic E-state index is 8.48. The molecule has 4 atom stereocenters. The Balaban J connectivity index is 0. The third-order valence-electron chi connectivity index (χ3n) is 3.42. The summed E-state index contributed by atoms with van der Waals surface area (Å²) in [5.41, 5.74) is 10.9. The fourth-order valence-corrected chi connectivity index (χ4v) is 1.64. The van der Waals surface area contributed by atoms with Crippen molar-refractivity contribution in [3.05, 3.63) is 0 Å². The standard InChI is InChI=1S/2C5H11NO.2ClH/c2*6-5-2-1-4(5)3-7;;/h2*4-5,7H,1-3,6H2;2*1H/t2*4-,5-;;/m10../s1. The lowest BCUT2D eigenvalue weighted by Gasteiger charge is -2.31. The number of nitrogens with two attached hydrogens (primary N) is 2. The van der Waals surface area contributed by atoms with Gasteiger partial charge in [0.1, 0.15) is 0 Å². The summed E-state index contributed by atoms with van der Waals surface area (Å²) in [6, 6.07) is 0.593. The second-order valence-electron chi connectivity index (χ2n) is 4.37. The van der Waals surface area contributed by atoms with E-state index in [0.29, 0.717) is 23.9 Å². The van der Waals surface area contributed by atoms with Gasteiger partial charge in [0.25, 0.3) is 0 Å². The number of aliphatic hydroxyl groups is 2. The number of halogens is 2. The summed E-state index contributed by atoms with van der Waals surface area (Å²) in [6.07, 6.45) is 4.45. The minimum Gasteiger partial charge on any atom is -0.396 e. The third kappa shape index (κ3) is 5.17. The Bertz CT molecular complexity index is 153. The Labute approximate surface area is 110 Å². The molecule has 0 bridgehead atoms. The van der Waals surface area contributed by atoms with Crippen molar-refractivity contribution in [2.45, 2.75) is 37.8 Å². The van der Waals surface area contributed by atoms with Crippen molar-refractivity contribution in [2.75, 3.05) is 13.2 Å². The number of hydrogen-bond donors (Lipinski definition) is 4. The zero-order valence-corrected chi connectivity index (χ0v) is 11.1. The van der Waals surface area contributed by atoms with Crippen LogP contribution in [-0.2, 0) is 0 Å². The van der Waals surface area contributed by atoms with Crippen LogP contribution in [0.15, 0.2) is 0 Å². The zero-order valence-electron chi connectivity index (χ0n) is 9.42. The molecule has 2 aliphatic rings. The van der Waals surface area contributed by atoms with Crippen molar-refractivity contribution in [3.63, 3.8) is 0 Å². The van der Waals surface area contributed by atoms with Crippen molar-refractivity contribution >= 4 is 24.8 Å². The molecule has 2 saturated carbocycles. The van der Waals surface area contributed by atoms with Gasteiger partial charge in [-0.05, 0) is 37.5 Å². The van der Waals surface area contributed by atoms with Crippen LogP contribution >= 0.6 is 24.8 Å². The van der Waals surface area contributed by atoms with Gasteiger partial charge < -0.3 is 21.7 Å². The van der Waals surface area contributed by atoms with Gasteiger partial charge in [0, 0.05) is 25.3 Å². The highest BCUT2D eigenvalue weighted by molar-refractivity contribution is 5.85. The molecule has 0 aromatic heterocycles. The Morgan fingerprint density at radius 2 is 1.06 bits per heavy atom. The molecule has 0 saturated heterocycles. The molecular weight excluding hydrogens is 251 g/mol. The first-order valence-electron chi connectivity index (χ1n) is 5.42. The second-order valence-corrected chi connectivity index (χ2v) is 4.37. The maximum absolute atomic E-state index is 8.48. The largest absolute Gasteiger partial charge is 0.396 e. The van der Waals surface area contributed by atoms with E-state index in [1.54, 1.807) is 0 Å². The van der Waals surface area contributed by atoms with E-state index in [1.165, 1.54) is 0 Å². The molecule has 16 heavy (non-hydrogen) atoms. The molecule has 0 aliphatic heterocycles. The van der Waals surface area contributed by atoms with E-state index in [2.05, 4.69) is 0 Å². The maximum Gasteiger partial charge on any atom is 0.0474 e. The van der Waals surface area contributed by atoms with Gasteiger partial charge in [0.05, 0.1) is 0 Å². The summed E-state index contributed by atoms with van der Waals surface area (Å²) in [7, 11) is 0. The second kappa shape index (κ2) is 9.45. The molecule has 0 amide bonds. The van der Waals surface area contributed by atoms with E-state index >= 15 is 0 Å². The first kappa shape index (κ1) is 18.8. The minimum atomic E-state index is 0. The Kier molecular flexibility index (Phi) is 11.1. The Hall–Kier alpha value is 0.420. The fraction of sp³-hybridized carbons (Fsp3) is 1.00. The highest BCUT2D eigenvalue weighted by Crippen LogP contribution is 2.24. The molecule has 2 aliphatic carbocycles. The van der Waals surface area contributed by atoms with E-state index in [1.807, 2.05) is 0 Å². The smallest absolute Gasteiger partial charge is 0.0474 e. The number of hydrogen-bond acceptors (Lipinski definition) is 4. The van der Waals surface area contributed by atoms with Gasteiger partial charge >= 0.3 is 0 Å². The molecule has 0 spiro atoms. The average Bonchev–Trinajstić information content (AvgIpc) is 2.16. The quantitative estimate of drug-likeness (QED) is 0.582. The summed E-state index contributed by atoms with van der Waals surface area (Å²) >= 11 is 0. The van der Waals surface area contributed by atoms with Crippen molar-refractivity contribution in [1.82, 2.24) is 0 Å². The van der Waals surface area contributed by atoms with Crippen molar-refractivity contribution in [1.29, 1.82) is 0 Å². The molecule has 6 N–H and O–H groups in total. The zero-order chi connectivity index (χ0) is 10.6. The van der Waals surface area contributed by atoms with Crippen molar-refractivity contribution in [2.24, 2.45) is 23.3 Å². The molecule has 0 aromatic rings. The number of rotatable bonds is 2. The lowest BCUT2D eigenvalue weighted by Crippen LogP contribution is -2.41. The van der Waals surface area contributed by atoms with Crippen LogP contribution in [0.1, 0.15) is 25.7 Å². The van der Waals surface area contributed by atoms with Crippen molar-refractivity contribution < 1.29 is 10.2 Å². The Morgan fingerprint density at radius 1 is 0.750 bits per heavy atom. The molecule has 0 unspecified atom stereocenters. The number of aliphatic hydroxyl groups excluding tert-OH is 2. The lowest BCUT2D eigenvalue weighted by atomic mass is 9.81. The molecule has 100 valence electrons. The van der Waals surface area contributed by atoms with E-state index in [-0.39, 0.29) is 38.0 Å². The van der Waals surface area contributed by atoms with Crippen LogP contribution in [-0.4, -0.2) is 35.5 Å². The molecule has 6 heteroatoms. The molecule has 4 nitrogen and oxygen atoms in total. The predicted octanol–water partition coefficient (Wildman–Crippen LogP) is 0.276. The van der Waals surface area contributed by atoms with E-state index in [0.717, 1.165) is 25.7 Å². The summed E-state index contributed by atoms with van der Waals surface area (Å²) < 4.78 is 0. The summed E-state index contributed by atoms with van der Waals surface area (Å²) in [5, 5.41) is 17.0. The van der Waals surface area contributed by atoms with Gasteiger partial charge in [0.2, 0.25) is 0 Å². The Morgan fingerprint density at radius 3 is 1.06 bits per heavy atom. The fourth-order valence-electron chi connectivity index (χ4n) is 1.64. The highest BCUT2D eigenvalue weighted by atomic mass is 35.5. The van der Waals surface area contributed by atoms with Crippen LogP contribution in [0.3, 0.4) is 0 Å². The van der Waals surface area contributed by atoms with Crippen LogP contribution < -0.4 is 11.5 Å². The molecule has 2 fully saturated rings. The van der Waals surface area contributed by atoms with Crippen LogP contribution in [0.25, 0.3) is 0 Å². The normalized spacial score (nSPS) is 35.2. The monoisotopic (exact) mass is 274 g/mol. The van der Waals surface area contributed by atoms with E-state index in [4.69, 9.17) is 21.7 Å². The SMILES string of the molecule is Cl.Cl.N[C@@H]1CC[C@@H]1CO.N[C@H]1CC[C@H]1CO. The third-order valence-corrected chi connectivity index (χ3v) is 3.42. The lowest BCUT2D eigenvalue weighted by molar-refractivity contribution is 0.137. The topological polar surface area (TPSA) is 92.5 Å². The van der Waals surface area contributed by atoms with Crippen LogP contribution in [0.2, 0.25) is 0 Å². The first-order chi connectivity index (χ1) is 6.69. The molecule has 0 heterocycles. The molecule has 0 aromatic carbocycles. The summed E-state index contributed by atoms with van der Waals surface area (Å²) in [6.45, 7) is 0.558. The molecule has 2 rings (SSSR count).